The van der Waals surface area contributed by atoms with E-state index in [4.69, 9.17) is 4.74 Å². The van der Waals surface area contributed by atoms with Crippen molar-refractivity contribution in [3.8, 4) is 16.3 Å². The van der Waals surface area contributed by atoms with Crippen molar-refractivity contribution in [1.82, 2.24) is 4.98 Å². The minimum absolute atomic E-state index is 0.805. The van der Waals surface area contributed by atoms with Gasteiger partial charge in [-0.1, -0.05) is 15.9 Å². The maximum absolute atomic E-state index is 5.11. The highest BCUT2D eigenvalue weighted by atomic mass is 79.9. The summed E-state index contributed by atoms with van der Waals surface area (Å²) < 4.78 is 5.11. The number of aromatic nitrogens is 1. The summed E-state index contributed by atoms with van der Waals surface area (Å²) in [4.78, 5) is 4.49. The molecule has 0 spiro atoms. The number of hydrogen-bond donors (Lipinski definition) is 0. The monoisotopic (exact) mass is 283 g/mol. The van der Waals surface area contributed by atoms with Gasteiger partial charge in [0.05, 0.1) is 12.8 Å². The third kappa shape index (κ3) is 2.38. The summed E-state index contributed by atoms with van der Waals surface area (Å²) in [7, 11) is 1.67. The topological polar surface area (TPSA) is 22.1 Å². The largest absolute Gasteiger partial charge is 0.497 e. The maximum atomic E-state index is 5.11. The van der Waals surface area contributed by atoms with Gasteiger partial charge in [0.25, 0.3) is 0 Å². The van der Waals surface area contributed by atoms with E-state index < -0.39 is 0 Å². The molecule has 2 aromatic rings. The average molecular weight is 284 g/mol. The van der Waals surface area contributed by atoms with E-state index in [0.29, 0.717) is 0 Å². The van der Waals surface area contributed by atoms with Crippen molar-refractivity contribution < 1.29 is 4.74 Å². The van der Waals surface area contributed by atoms with E-state index >= 15 is 0 Å². The zero-order valence-electron chi connectivity index (χ0n) is 8.24. The Morgan fingerprint density at radius 1 is 1.33 bits per heavy atom. The fraction of sp³-hybridized carbons (Fsp3) is 0.182. The van der Waals surface area contributed by atoms with Crippen LogP contribution in [0.25, 0.3) is 10.6 Å². The van der Waals surface area contributed by atoms with Crippen LogP contribution in [0.2, 0.25) is 0 Å². The molecule has 1 aromatic heterocycles. The van der Waals surface area contributed by atoms with Gasteiger partial charge in [-0.25, -0.2) is 4.98 Å². The number of benzene rings is 1. The lowest BCUT2D eigenvalue weighted by Gasteiger charge is -1.99. The fourth-order valence-corrected chi connectivity index (χ4v) is 2.56. The fourth-order valence-electron chi connectivity index (χ4n) is 1.23. The molecule has 0 atom stereocenters. The lowest BCUT2D eigenvalue weighted by atomic mass is 10.2. The number of methoxy groups -OCH3 is 1. The Labute approximate surface area is 101 Å². The standard InChI is InChI=1S/C11H10BrNOS/c1-14-10-4-2-8(3-5-10)11-13-9(6-12)7-15-11/h2-5,7H,6H2,1H3. The predicted molar refractivity (Wildman–Crippen MR) is 66.7 cm³/mol. The molecular weight excluding hydrogens is 274 g/mol. The van der Waals surface area contributed by atoms with Crippen molar-refractivity contribution in [2.24, 2.45) is 0 Å². The SMILES string of the molecule is COc1ccc(-c2nc(CBr)cs2)cc1. The first-order valence-electron chi connectivity index (χ1n) is 4.48. The molecule has 0 saturated heterocycles. The number of alkyl halides is 1. The van der Waals surface area contributed by atoms with Gasteiger partial charge in [-0.2, -0.15) is 0 Å². The highest BCUT2D eigenvalue weighted by Gasteiger charge is 2.03. The smallest absolute Gasteiger partial charge is 0.123 e. The molecule has 0 amide bonds. The Bertz CT molecular complexity index is 438. The van der Waals surface area contributed by atoms with Crippen LogP contribution in [0.3, 0.4) is 0 Å². The highest BCUT2D eigenvalue weighted by Crippen LogP contribution is 2.26. The number of rotatable bonds is 3. The molecule has 0 unspecified atom stereocenters. The molecule has 0 bridgehead atoms. The van der Waals surface area contributed by atoms with Gasteiger partial charge in [0.15, 0.2) is 0 Å². The third-order valence-electron chi connectivity index (χ3n) is 2.03. The molecule has 0 aliphatic carbocycles. The van der Waals surface area contributed by atoms with Gasteiger partial charge in [0.1, 0.15) is 10.8 Å². The van der Waals surface area contributed by atoms with Crippen LogP contribution in [0.4, 0.5) is 0 Å². The molecule has 0 N–H and O–H groups in total. The molecule has 78 valence electrons. The zero-order valence-corrected chi connectivity index (χ0v) is 10.6. The summed E-state index contributed by atoms with van der Waals surface area (Å²) >= 11 is 5.05. The first-order valence-corrected chi connectivity index (χ1v) is 6.48. The summed E-state index contributed by atoms with van der Waals surface area (Å²) in [6.45, 7) is 0. The molecule has 0 aliphatic rings. The van der Waals surface area contributed by atoms with Gasteiger partial charge in [0.2, 0.25) is 0 Å². The second kappa shape index (κ2) is 4.77. The van der Waals surface area contributed by atoms with Crippen LogP contribution < -0.4 is 4.74 Å². The van der Waals surface area contributed by atoms with Crippen molar-refractivity contribution in [3.05, 3.63) is 35.3 Å². The first-order chi connectivity index (χ1) is 7.33. The van der Waals surface area contributed by atoms with E-state index in [9.17, 15) is 0 Å². The Morgan fingerprint density at radius 2 is 2.07 bits per heavy atom. The van der Waals surface area contributed by atoms with Crippen molar-refractivity contribution in [1.29, 1.82) is 0 Å². The second-order valence-corrected chi connectivity index (χ2v) is 4.42. The summed E-state index contributed by atoms with van der Waals surface area (Å²) in [5.41, 5.74) is 2.21. The Kier molecular flexibility index (Phi) is 3.38. The molecule has 1 heterocycles. The molecule has 0 radical (unpaired) electrons. The summed E-state index contributed by atoms with van der Waals surface area (Å²) in [5.74, 6) is 0.871. The van der Waals surface area contributed by atoms with Crippen LogP contribution >= 0.6 is 27.3 Å². The Hall–Kier alpha value is -0.870. The van der Waals surface area contributed by atoms with Crippen molar-refractivity contribution in [2.75, 3.05) is 7.11 Å². The summed E-state index contributed by atoms with van der Waals surface area (Å²) in [6.07, 6.45) is 0. The van der Waals surface area contributed by atoms with Crippen LogP contribution in [-0.4, -0.2) is 12.1 Å². The van der Waals surface area contributed by atoms with Crippen LogP contribution in [0.1, 0.15) is 5.69 Å². The number of halogens is 1. The van der Waals surface area contributed by atoms with Gasteiger partial charge < -0.3 is 4.74 Å². The van der Waals surface area contributed by atoms with Crippen LogP contribution in [0.15, 0.2) is 29.6 Å². The average Bonchev–Trinajstić information content (AvgIpc) is 2.78. The number of hydrogen-bond acceptors (Lipinski definition) is 3. The van der Waals surface area contributed by atoms with Crippen LogP contribution in [0, 0.1) is 0 Å². The molecule has 2 rings (SSSR count). The molecule has 0 saturated carbocycles. The quantitative estimate of drug-likeness (QED) is 0.801. The summed E-state index contributed by atoms with van der Waals surface area (Å²) in [5, 5.41) is 3.92. The molecular formula is C11H10BrNOS. The molecule has 0 fully saturated rings. The minimum atomic E-state index is 0.805. The second-order valence-electron chi connectivity index (χ2n) is 3.01. The molecule has 15 heavy (non-hydrogen) atoms. The van der Waals surface area contributed by atoms with Gasteiger partial charge in [0, 0.05) is 16.3 Å². The summed E-state index contributed by atoms with van der Waals surface area (Å²) in [6, 6.07) is 7.94. The molecule has 4 heteroatoms. The number of thiazole rings is 1. The van der Waals surface area contributed by atoms with Crippen LogP contribution in [0.5, 0.6) is 5.75 Å². The minimum Gasteiger partial charge on any atom is -0.497 e. The van der Waals surface area contributed by atoms with E-state index in [1.165, 1.54) is 0 Å². The van der Waals surface area contributed by atoms with Crippen molar-refractivity contribution >= 4 is 27.3 Å². The van der Waals surface area contributed by atoms with Gasteiger partial charge in [-0.15, -0.1) is 11.3 Å². The van der Waals surface area contributed by atoms with E-state index in [0.717, 1.165) is 27.3 Å². The van der Waals surface area contributed by atoms with Gasteiger partial charge in [-0.3, -0.25) is 0 Å². The van der Waals surface area contributed by atoms with E-state index in [2.05, 4.69) is 26.3 Å². The molecule has 2 nitrogen and oxygen atoms in total. The third-order valence-corrected chi connectivity index (χ3v) is 3.54. The first kappa shape index (κ1) is 10.6. The maximum Gasteiger partial charge on any atom is 0.123 e. The van der Waals surface area contributed by atoms with Crippen molar-refractivity contribution in [2.45, 2.75) is 5.33 Å². The van der Waals surface area contributed by atoms with E-state index in [-0.39, 0.29) is 0 Å². The normalized spacial score (nSPS) is 10.3. The van der Waals surface area contributed by atoms with E-state index in [1.807, 2.05) is 24.3 Å². The Balaban J connectivity index is 2.28. The highest BCUT2D eigenvalue weighted by molar-refractivity contribution is 9.08. The number of ether oxygens (including phenoxy) is 1. The number of nitrogens with zero attached hydrogens (tertiary/aromatic N) is 1. The predicted octanol–water partition coefficient (Wildman–Crippen LogP) is 3.71. The van der Waals surface area contributed by atoms with E-state index in [1.54, 1.807) is 18.4 Å². The van der Waals surface area contributed by atoms with Crippen LogP contribution in [-0.2, 0) is 5.33 Å². The molecule has 0 aliphatic heterocycles. The van der Waals surface area contributed by atoms with Gasteiger partial charge in [-0.05, 0) is 24.3 Å². The lowest BCUT2D eigenvalue weighted by molar-refractivity contribution is 0.415. The Morgan fingerprint density at radius 3 is 2.60 bits per heavy atom. The lowest BCUT2D eigenvalue weighted by Crippen LogP contribution is -1.82. The molecule has 1 aromatic carbocycles. The van der Waals surface area contributed by atoms with Crippen molar-refractivity contribution in [3.63, 3.8) is 0 Å². The van der Waals surface area contributed by atoms with Gasteiger partial charge >= 0.3 is 0 Å². The zero-order chi connectivity index (χ0) is 10.7.